The molecule has 1 saturated heterocycles. The first-order chi connectivity index (χ1) is 20.0. The molecule has 0 spiro atoms. The van der Waals surface area contributed by atoms with Gasteiger partial charge in [0.05, 0.1) is 11.6 Å². The van der Waals surface area contributed by atoms with Crippen molar-refractivity contribution < 1.29 is 52.0 Å². The van der Waals surface area contributed by atoms with Crippen molar-refractivity contribution >= 4 is 34.8 Å². The van der Waals surface area contributed by atoms with Crippen LogP contribution >= 0.6 is 0 Å². The van der Waals surface area contributed by atoms with Crippen molar-refractivity contribution in [3.05, 3.63) is 65.4 Å². The Labute approximate surface area is 242 Å². The standard InChI is InChI=1S/C31H34O11/c1-17-9-11-22(12-10-17)13-14-23-15-37-24-7-6-8-25(27(23)24)41-31-30(40-21(5)35)29(39-20(4)34)28(38-19(3)33)26(42-31)16-36-18(2)32/h6-12,15,26,28-31H,13-14,16H2,1-5H3/t26-,28-,29+,30-,31-/m1/s1. The van der Waals surface area contributed by atoms with E-state index in [1.165, 1.54) is 19.4 Å². The fraction of sp³-hybridized carbons (Fsp3) is 0.419. The number of hydrogen-bond acceptors (Lipinski definition) is 11. The van der Waals surface area contributed by atoms with Crippen LogP contribution in [0.25, 0.3) is 11.0 Å². The Bertz CT molecular complexity index is 1420. The molecular weight excluding hydrogens is 548 g/mol. The lowest BCUT2D eigenvalue weighted by atomic mass is 9.98. The van der Waals surface area contributed by atoms with Crippen LogP contribution in [-0.4, -0.2) is 61.2 Å². The highest BCUT2D eigenvalue weighted by Gasteiger charge is 2.53. The quantitative estimate of drug-likeness (QED) is 0.253. The van der Waals surface area contributed by atoms with Gasteiger partial charge in [-0.3, -0.25) is 19.2 Å². The van der Waals surface area contributed by atoms with Crippen LogP contribution in [0.1, 0.15) is 44.4 Å². The van der Waals surface area contributed by atoms with Crippen molar-refractivity contribution in [2.24, 2.45) is 0 Å². The molecule has 2 aromatic carbocycles. The van der Waals surface area contributed by atoms with E-state index < -0.39 is 54.6 Å². The van der Waals surface area contributed by atoms with Gasteiger partial charge in [0.1, 0.15) is 24.0 Å². The van der Waals surface area contributed by atoms with Crippen molar-refractivity contribution in [1.29, 1.82) is 0 Å². The van der Waals surface area contributed by atoms with Crippen molar-refractivity contribution in [2.75, 3.05) is 6.61 Å². The van der Waals surface area contributed by atoms with Gasteiger partial charge in [-0.2, -0.15) is 0 Å². The molecule has 0 bridgehead atoms. The number of aryl methyl sites for hydroxylation is 3. The van der Waals surface area contributed by atoms with Gasteiger partial charge in [0.2, 0.25) is 12.4 Å². The summed E-state index contributed by atoms with van der Waals surface area (Å²) < 4.78 is 39.8. The molecular formula is C31H34O11. The molecule has 11 nitrogen and oxygen atoms in total. The minimum Gasteiger partial charge on any atom is -0.464 e. The van der Waals surface area contributed by atoms with Crippen LogP contribution in [0.5, 0.6) is 5.75 Å². The van der Waals surface area contributed by atoms with Crippen LogP contribution < -0.4 is 4.74 Å². The number of carbonyl (C=O) groups excluding carboxylic acids is 4. The molecule has 0 N–H and O–H groups in total. The summed E-state index contributed by atoms with van der Waals surface area (Å²) >= 11 is 0. The molecule has 0 amide bonds. The molecule has 3 aromatic rings. The van der Waals surface area contributed by atoms with Crippen molar-refractivity contribution in [2.45, 2.75) is 78.2 Å². The van der Waals surface area contributed by atoms with Gasteiger partial charge in [0, 0.05) is 33.3 Å². The number of hydrogen-bond donors (Lipinski definition) is 0. The normalized spacial score (nSPS) is 21.8. The Morgan fingerprint density at radius 2 is 1.40 bits per heavy atom. The van der Waals surface area contributed by atoms with Gasteiger partial charge in [-0.15, -0.1) is 0 Å². The topological polar surface area (TPSA) is 137 Å². The molecule has 1 aliphatic rings. The number of rotatable bonds is 10. The Balaban J connectivity index is 1.69. The van der Waals surface area contributed by atoms with Crippen LogP contribution in [0.3, 0.4) is 0 Å². The Morgan fingerprint density at radius 1 is 0.762 bits per heavy atom. The van der Waals surface area contributed by atoms with Crippen LogP contribution in [0, 0.1) is 6.92 Å². The summed E-state index contributed by atoms with van der Waals surface area (Å²) in [5.74, 6) is -2.40. The average molecular weight is 583 g/mol. The van der Waals surface area contributed by atoms with Crippen molar-refractivity contribution in [1.82, 2.24) is 0 Å². The molecule has 0 radical (unpaired) electrons. The summed E-state index contributed by atoms with van der Waals surface area (Å²) in [7, 11) is 0. The molecule has 4 rings (SSSR count). The molecule has 1 aliphatic heterocycles. The first-order valence-electron chi connectivity index (χ1n) is 13.5. The van der Waals surface area contributed by atoms with E-state index in [1.807, 2.05) is 6.92 Å². The zero-order chi connectivity index (χ0) is 30.4. The van der Waals surface area contributed by atoms with E-state index in [0.29, 0.717) is 23.1 Å². The van der Waals surface area contributed by atoms with E-state index in [-0.39, 0.29) is 6.61 Å². The van der Waals surface area contributed by atoms with Gasteiger partial charge >= 0.3 is 23.9 Å². The zero-order valence-electron chi connectivity index (χ0n) is 24.1. The third-order valence-electron chi connectivity index (χ3n) is 6.63. The van der Waals surface area contributed by atoms with Gasteiger partial charge in [-0.05, 0) is 37.5 Å². The largest absolute Gasteiger partial charge is 0.464 e. The molecule has 0 unspecified atom stereocenters. The number of furan rings is 1. The minimum atomic E-state index is -1.35. The summed E-state index contributed by atoms with van der Waals surface area (Å²) in [6.07, 6.45) is -3.36. The van der Waals surface area contributed by atoms with E-state index >= 15 is 0 Å². The second-order valence-electron chi connectivity index (χ2n) is 10.1. The van der Waals surface area contributed by atoms with Crippen LogP contribution in [-0.2, 0) is 55.7 Å². The number of esters is 4. The van der Waals surface area contributed by atoms with Gasteiger partial charge in [-0.25, -0.2) is 0 Å². The summed E-state index contributed by atoms with van der Waals surface area (Å²) in [4.78, 5) is 47.9. The molecule has 11 heteroatoms. The lowest BCUT2D eigenvalue weighted by molar-refractivity contribution is -0.288. The molecule has 42 heavy (non-hydrogen) atoms. The lowest BCUT2D eigenvalue weighted by Gasteiger charge is -2.44. The fourth-order valence-electron chi connectivity index (χ4n) is 4.84. The maximum atomic E-state index is 12.2. The summed E-state index contributed by atoms with van der Waals surface area (Å²) in [5.41, 5.74) is 3.78. The molecule has 1 aromatic heterocycles. The van der Waals surface area contributed by atoms with E-state index in [0.717, 1.165) is 31.4 Å². The first-order valence-corrected chi connectivity index (χ1v) is 13.5. The Morgan fingerprint density at radius 3 is 2.05 bits per heavy atom. The minimum absolute atomic E-state index is 0.352. The third-order valence-corrected chi connectivity index (χ3v) is 6.63. The number of fused-ring (bicyclic) bond motifs is 1. The molecule has 224 valence electrons. The monoisotopic (exact) mass is 582 g/mol. The number of ether oxygens (including phenoxy) is 6. The lowest BCUT2D eigenvalue weighted by Crippen LogP contribution is -2.63. The smallest absolute Gasteiger partial charge is 0.303 e. The van der Waals surface area contributed by atoms with Crippen LogP contribution in [0.15, 0.2) is 53.1 Å². The van der Waals surface area contributed by atoms with E-state index in [4.69, 9.17) is 32.8 Å². The highest BCUT2D eigenvalue weighted by atomic mass is 16.7. The van der Waals surface area contributed by atoms with E-state index in [2.05, 4.69) is 24.3 Å². The molecule has 0 saturated carbocycles. The molecule has 5 atom stereocenters. The highest BCUT2D eigenvalue weighted by Crippen LogP contribution is 2.36. The predicted octanol–water partition coefficient (Wildman–Crippen LogP) is 3.99. The number of carbonyl (C=O) groups is 4. The van der Waals surface area contributed by atoms with Crippen LogP contribution in [0.2, 0.25) is 0 Å². The maximum Gasteiger partial charge on any atom is 0.303 e. The van der Waals surface area contributed by atoms with E-state index in [1.54, 1.807) is 24.5 Å². The Hall–Kier alpha value is -4.38. The molecule has 0 aliphatic carbocycles. The van der Waals surface area contributed by atoms with Gasteiger partial charge in [0.25, 0.3) is 0 Å². The van der Waals surface area contributed by atoms with Crippen LogP contribution in [0.4, 0.5) is 0 Å². The molecule has 2 heterocycles. The summed E-state index contributed by atoms with van der Waals surface area (Å²) in [6, 6.07) is 13.5. The Kier molecular flexibility index (Phi) is 9.84. The second kappa shape index (κ2) is 13.5. The zero-order valence-corrected chi connectivity index (χ0v) is 24.1. The predicted molar refractivity (Wildman–Crippen MR) is 147 cm³/mol. The third kappa shape index (κ3) is 7.67. The SMILES string of the molecule is CC(=O)OC[C@H]1O[C@@H](Oc2cccc3occ(CCc4ccc(C)cc4)c23)[C@H](OC(C)=O)[C@@H](OC(C)=O)[C@@H]1OC(C)=O. The maximum absolute atomic E-state index is 12.2. The summed E-state index contributed by atoms with van der Waals surface area (Å²) in [6.45, 7) is 6.39. The van der Waals surface area contributed by atoms with Crippen molar-refractivity contribution in [3.63, 3.8) is 0 Å². The fourth-order valence-corrected chi connectivity index (χ4v) is 4.84. The summed E-state index contributed by atoms with van der Waals surface area (Å²) in [5, 5.41) is 0.692. The van der Waals surface area contributed by atoms with Crippen molar-refractivity contribution in [3.8, 4) is 5.75 Å². The van der Waals surface area contributed by atoms with Gasteiger partial charge < -0.3 is 32.8 Å². The average Bonchev–Trinajstić information content (AvgIpc) is 3.34. The van der Waals surface area contributed by atoms with E-state index in [9.17, 15) is 19.2 Å². The number of benzene rings is 2. The molecule has 1 fully saturated rings. The highest BCUT2D eigenvalue weighted by molar-refractivity contribution is 5.87. The van der Waals surface area contributed by atoms with Gasteiger partial charge in [0.15, 0.2) is 12.2 Å². The second-order valence-corrected chi connectivity index (χ2v) is 10.1. The van der Waals surface area contributed by atoms with Gasteiger partial charge in [-0.1, -0.05) is 35.9 Å². The first kappa shape index (κ1) is 30.6.